The molecule has 0 radical (unpaired) electrons. The van der Waals surface area contributed by atoms with Crippen LogP contribution in [0.4, 0.5) is 0 Å². The van der Waals surface area contributed by atoms with E-state index in [4.69, 9.17) is 9.47 Å². The van der Waals surface area contributed by atoms with Gasteiger partial charge >= 0.3 is 0 Å². The molecule has 0 bridgehead atoms. The van der Waals surface area contributed by atoms with E-state index in [1.165, 1.54) is 0 Å². The average molecular weight is 293 g/mol. The zero-order valence-electron chi connectivity index (χ0n) is 13.5. The Bertz CT molecular complexity index is 461. The van der Waals surface area contributed by atoms with Crippen LogP contribution in [0.2, 0.25) is 0 Å². The minimum Gasteiger partial charge on any atom is -0.490 e. The summed E-state index contributed by atoms with van der Waals surface area (Å²) in [6.45, 7) is 8.53. The molecule has 1 aliphatic rings. The summed E-state index contributed by atoms with van der Waals surface area (Å²) in [5.74, 6) is 2.07. The van der Waals surface area contributed by atoms with Gasteiger partial charge in [-0.05, 0) is 37.6 Å². The van der Waals surface area contributed by atoms with Crippen LogP contribution in [0, 0.1) is 5.92 Å². The molecule has 1 aromatic carbocycles. The Labute approximate surface area is 127 Å². The third-order valence-electron chi connectivity index (χ3n) is 4.28. The first-order valence-electron chi connectivity index (χ1n) is 7.77. The van der Waals surface area contributed by atoms with Gasteiger partial charge in [-0.1, -0.05) is 19.9 Å². The number of benzene rings is 1. The Morgan fingerprint density at radius 3 is 2.48 bits per heavy atom. The van der Waals surface area contributed by atoms with E-state index < -0.39 is 6.10 Å². The van der Waals surface area contributed by atoms with Crippen LogP contribution in [0.5, 0.6) is 11.5 Å². The Balaban J connectivity index is 2.05. The molecule has 4 heteroatoms. The smallest absolute Gasteiger partial charge is 0.161 e. The van der Waals surface area contributed by atoms with Crippen LogP contribution in [-0.4, -0.2) is 42.9 Å². The number of aliphatic hydroxyl groups is 1. The minimum atomic E-state index is -0.520. The lowest BCUT2D eigenvalue weighted by atomic mass is 10.0. The van der Waals surface area contributed by atoms with Crippen molar-refractivity contribution < 1.29 is 14.6 Å². The molecule has 1 N–H and O–H groups in total. The van der Waals surface area contributed by atoms with Crippen LogP contribution in [0.25, 0.3) is 0 Å². The minimum absolute atomic E-state index is 0.431. The normalized spacial score (nSPS) is 17.7. The Kier molecular flexibility index (Phi) is 5.48. The second-order valence-electron chi connectivity index (χ2n) is 6.20. The monoisotopic (exact) mass is 293 g/mol. The first-order chi connectivity index (χ1) is 9.99. The summed E-state index contributed by atoms with van der Waals surface area (Å²) >= 11 is 0. The first kappa shape index (κ1) is 16.1. The summed E-state index contributed by atoms with van der Waals surface area (Å²) in [4.78, 5) is 2.19. The largest absolute Gasteiger partial charge is 0.490 e. The van der Waals surface area contributed by atoms with Crippen molar-refractivity contribution in [3.8, 4) is 11.5 Å². The van der Waals surface area contributed by atoms with Crippen molar-refractivity contribution in [2.75, 3.05) is 26.8 Å². The molecular formula is C17H27NO3. The van der Waals surface area contributed by atoms with E-state index in [1.54, 1.807) is 0 Å². The second-order valence-corrected chi connectivity index (χ2v) is 6.20. The van der Waals surface area contributed by atoms with Crippen LogP contribution < -0.4 is 9.47 Å². The van der Waals surface area contributed by atoms with Crippen molar-refractivity contribution in [1.82, 2.24) is 4.90 Å². The summed E-state index contributed by atoms with van der Waals surface area (Å²) in [5, 5.41) is 10.5. The van der Waals surface area contributed by atoms with Crippen LogP contribution in [0.3, 0.4) is 0 Å². The van der Waals surface area contributed by atoms with Gasteiger partial charge in [0.1, 0.15) is 0 Å². The standard InChI is InChI=1S/C17H27NO3/c1-12(2)13(3)18(4)11-15(19)14-6-7-16-17(10-14)21-9-5-8-20-16/h6-7,10,12-13,15,19H,5,8-9,11H2,1-4H3. The van der Waals surface area contributed by atoms with Crippen molar-refractivity contribution in [2.24, 2.45) is 5.92 Å². The van der Waals surface area contributed by atoms with E-state index in [9.17, 15) is 5.11 Å². The molecular weight excluding hydrogens is 266 g/mol. The number of aliphatic hydroxyl groups excluding tert-OH is 1. The van der Waals surface area contributed by atoms with Crippen LogP contribution in [-0.2, 0) is 0 Å². The van der Waals surface area contributed by atoms with Crippen molar-refractivity contribution in [2.45, 2.75) is 39.3 Å². The fraction of sp³-hybridized carbons (Fsp3) is 0.647. The summed E-state index contributed by atoms with van der Waals surface area (Å²) < 4.78 is 11.3. The molecule has 0 amide bonds. The molecule has 0 saturated heterocycles. The predicted octanol–water partition coefficient (Wildman–Crippen LogP) is 2.86. The van der Waals surface area contributed by atoms with E-state index in [0.717, 1.165) is 23.5 Å². The van der Waals surface area contributed by atoms with Crippen LogP contribution in [0.1, 0.15) is 38.9 Å². The van der Waals surface area contributed by atoms with Crippen molar-refractivity contribution in [1.29, 1.82) is 0 Å². The van der Waals surface area contributed by atoms with Gasteiger partial charge in [0.25, 0.3) is 0 Å². The highest BCUT2D eigenvalue weighted by atomic mass is 16.5. The third-order valence-corrected chi connectivity index (χ3v) is 4.28. The number of hydrogen-bond donors (Lipinski definition) is 1. The molecule has 0 fully saturated rings. The van der Waals surface area contributed by atoms with Crippen molar-refractivity contribution >= 4 is 0 Å². The predicted molar refractivity (Wildman–Crippen MR) is 83.9 cm³/mol. The van der Waals surface area contributed by atoms with Gasteiger partial charge in [0, 0.05) is 19.0 Å². The molecule has 2 unspecified atom stereocenters. The topological polar surface area (TPSA) is 41.9 Å². The Morgan fingerprint density at radius 1 is 1.14 bits per heavy atom. The number of ether oxygens (including phenoxy) is 2. The number of nitrogens with zero attached hydrogens (tertiary/aromatic N) is 1. The number of rotatable bonds is 5. The highest BCUT2D eigenvalue weighted by Crippen LogP contribution is 2.32. The van der Waals surface area contributed by atoms with Gasteiger partial charge in [-0.2, -0.15) is 0 Å². The lowest BCUT2D eigenvalue weighted by Crippen LogP contribution is -2.36. The van der Waals surface area contributed by atoms with Gasteiger partial charge in [0.2, 0.25) is 0 Å². The van der Waals surface area contributed by atoms with Gasteiger partial charge in [-0.25, -0.2) is 0 Å². The van der Waals surface area contributed by atoms with Crippen molar-refractivity contribution in [3.05, 3.63) is 23.8 Å². The van der Waals surface area contributed by atoms with Gasteiger partial charge in [-0.15, -0.1) is 0 Å². The van der Waals surface area contributed by atoms with Gasteiger partial charge in [-0.3, -0.25) is 0 Å². The summed E-state index contributed by atoms with van der Waals surface area (Å²) in [5.41, 5.74) is 0.877. The zero-order chi connectivity index (χ0) is 15.4. The van der Waals surface area contributed by atoms with Crippen LogP contribution >= 0.6 is 0 Å². The molecule has 0 aliphatic carbocycles. The molecule has 1 heterocycles. The first-order valence-corrected chi connectivity index (χ1v) is 7.77. The lowest BCUT2D eigenvalue weighted by Gasteiger charge is -2.29. The molecule has 118 valence electrons. The molecule has 1 aliphatic heterocycles. The van der Waals surface area contributed by atoms with Gasteiger partial charge in [0.05, 0.1) is 19.3 Å². The van der Waals surface area contributed by atoms with E-state index in [2.05, 4.69) is 32.7 Å². The molecule has 1 aromatic rings. The molecule has 2 atom stereocenters. The highest BCUT2D eigenvalue weighted by Gasteiger charge is 2.19. The van der Waals surface area contributed by atoms with E-state index >= 15 is 0 Å². The van der Waals surface area contributed by atoms with Gasteiger partial charge in [0.15, 0.2) is 11.5 Å². The summed E-state index contributed by atoms with van der Waals surface area (Å²) in [6, 6.07) is 6.15. The van der Waals surface area contributed by atoms with E-state index in [-0.39, 0.29) is 0 Å². The molecule has 4 nitrogen and oxygen atoms in total. The third kappa shape index (κ3) is 4.11. The fourth-order valence-corrected chi connectivity index (χ4v) is 2.44. The summed E-state index contributed by atoms with van der Waals surface area (Å²) in [7, 11) is 2.05. The molecule has 2 rings (SSSR count). The molecule has 21 heavy (non-hydrogen) atoms. The summed E-state index contributed by atoms with van der Waals surface area (Å²) in [6.07, 6.45) is 0.370. The molecule has 0 saturated carbocycles. The number of likely N-dealkylation sites (N-methyl/N-ethyl adjacent to an activating group) is 1. The zero-order valence-corrected chi connectivity index (χ0v) is 13.5. The highest BCUT2D eigenvalue weighted by molar-refractivity contribution is 5.44. The number of fused-ring (bicyclic) bond motifs is 1. The SMILES string of the molecule is CC(C)C(C)N(C)CC(O)c1ccc2c(c1)OCCCO2. The van der Waals surface area contributed by atoms with E-state index in [0.29, 0.717) is 31.7 Å². The maximum atomic E-state index is 10.5. The Morgan fingerprint density at radius 2 is 1.81 bits per heavy atom. The average Bonchev–Trinajstić information content (AvgIpc) is 2.70. The van der Waals surface area contributed by atoms with Crippen LogP contribution in [0.15, 0.2) is 18.2 Å². The van der Waals surface area contributed by atoms with Crippen molar-refractivity contribution in [3.63, 3.8) is 0 Å². The Hall–Kier alpha value is -1.26. The fourth-order valence-electron chi connectivity index (χ4n) is 2.44. The lowest BCUT2D eigenvalue weighted by molar-refractivity contribution is 0.0953. The number of hydrogen-bond acceptors (Lipinski definition) is 4. The maximum Gasteiger partial charge on any atom is 0.161 e. The van der Waals surface area contributed by atoms with E-state index in [1.807, 2.05) is 18.2 Å². The molecule has 0 aromatic heterocycles. The quantitative estimate of drug-likeness (QED) is 0.906. The molecule has 0 spiro atoms. The maximum absolute atomic E-state index is 10.5. The van der Waals surface area contributed by atoms with Gasteiger partial charge < -0.3 is 19.5 Å². The second kappa shape index (κ2) is 7.14.